The van der Waals surface area contributed by atoms with Crippen LogP contribution in [0.3, 0.4) is 0 Å². The van der Waals surface area contributed by atoms with Crippen LogP contribution in [-0.2, 0) is 16.6 Å². The normalized spacial score (nSPS) is 12.2. The van der Waals surface area contributed by atoms with E-state index in [1.807, 2.05) is 50.2 Å². The first-order chi connectivity index (χ1) is 14.8. The standard InChI is InChI=1S/C25H28N2O3S/c1-4-20(2)27(19-21-12-7-5-8-13-21)25(28)22-14-11-17-24(18-22)31(29,30)26(3)23-15-9-6-10-16-23/h5-18,20H,4,19H2,1-3H3/t20-/m0/s1. The van der Waals surface area contributed by atoms with Gasteiger partial charge in [-0.25, -0.2) is 8.42 Å². The van der Waals surface area contributed by atoms with Gasteiger partial charge in [0.15, 0.2) is 0 Å². The van der Waals surface area contributed by atoms with Gasteiger partial charge in [-0.3, -0.25) is 9.10 Å². The largest absolute Gasteiger partial charge is 0.332 e. The van der Waals surface area contributed by atoms with E-state index in [0.717, 1.165) is 12.0 Å². The zero-order valence-corrected chi connectivity index (χ0v) is 18.9. The van der Waals surface area contributed by atoms with E-state index in [9.17, 15) is 13.2 Å². The summed E-state index contributed by atoms with van der Waals surface area (Å²) in [4.78, 5) is 15.3. The third-order valence-electron chi connectivity index (χ3n) is 5.44. The van der Waals surface area contributed by atoms with Crippen molar-refractivity contribution in [3.63, 3.8) is 0 Å². The van der Waals surface area contributed by atoms with Gasteiger partial charge in [-0.1, -0.05) is 61.5 Å². The summed E-state index contributed by atoms with van der Waals surface area (Å²) in [5.41, 5.74) is 1.95. The fourth-order valence-corrected chi connectivity index (χ4v) is 4.56. The summed E-state index contributed by atoms with van der Waals surface area (Å²) in [6.07, 6.45) is 0.799. The van der Waals surface area contributed by atoms with Crippen LogP contribution in [0.4, 0.5) is 5.69 Å². The molecule has 0 saturated heterocycles. The van der Waals surface area contributed by atoms with Gasteiger partial charge in [0.2, 0.25) is 0 Å². The molecule has 3 rings (SSSR count). The smallest absolute Gasteiger partial charge is 0.264 e. The molecule has 0 radical (unpaired) electrons. The molecule has 31 heavy (non-hydrogen) atoms. The molecule has 0 aliphatic rings. The highest BCUT2D eigenvalue weighted by Crippen LogP contribution is 2.23. The zero-order chi connectivity index (χ0) is 22.4. The van der Waals surface area contributed by atoms with Crippen molar-refractivity contribution in [1.82, 2.24) is 4.90 Å². The Morgan fingerprint density at radius 2 is 1.52 bits per heavy atom. The van der Waals surface area contributed by atoms with E-state index in [0.29, 0.717) is 17.8 Å². The first-order valence-electron chi connectivity index (χ1n) is 10.3. The van der Waals surface area contributed by atoms with Gasteiger partial charge >= 0.3 is 0 Å². The second-order valence-electron chi connectivity index (χ2n) is 7.51. The Hall–Kier alpha value is -3.12. The number of carbonyl (C=O) groups is 1. The number of hydrogen-bond donors (Lipinski definition) is 0. The van der Waals surface area contributed by atoms with Crippen LogP contribution in [0.25, 0.3) is 0 Å². The Kier molecular flexibility index (Phi) is 7.13. The summed E-state index contributed by atoms with van der Waals surface area (Å²) in [6.45, 7) is 4.51. The van der Waals surface area contributed by atoms with Gasteiger partial charge in [0.1, 0.15) is 0 Å². The highest BCUT2D eigenvalue weighted by Gasteiger charge is 2.25. The SMILES string of the molecule is CC[C@H](C)N(Cc1ccccc1)C(=O)c1cccc(S(=O)(=O)N(C)c2ccccc2)c1. The molecule has 5 nitrogen and oxygen atoms in total. The zero-order valence-electron chi connectivity index (χ0n) is 18.1. The molecule has 0 saturated carbocycles. The monoisotopic (exact) mass is 436 g/mol. The summed E-state index contributed by atoms with van der Waals surface area (Å²) in [7, 11) is -2.28. The Morgan fingerprint density at radius 3 is 2.13 bits per heavy atom. The summed E-state index contributed by atoms with van der Waals surface area (Å²) in [6, 6.07) is 25.0. The number of hydrogen-bond acceptors (Lipinski definition) is 3. The van der Waals surface area contributed by atoms with Gasteiger partial charge in [0, 0.05) is 25.2 Å². The lowest BCUT2D eigenvalue weighted by molar-refractivity contribution is 0.0671. The highest BCUT2D eigenvalue weighted by molar-refractivity contribution is 7.92. The molecule has 0 aliphatic carbocycles. The minimum Gasteiger partial charge on any atom is -0.332 e. The van der Waals surface area contributed by atoms with Gasteiger partial charge in [-0.05, 0) is 49.2 Å². The molecule has 0 heterocycles. The van der Waals surface area contributed by atoms with Crippen LogP contribution < -0.4 is 4.31 Å². The maximum Gasteiger partial charge on any atom is 0.264 e. The summed E-state index contributed by atoms with van der Waals surface area (Å²) >= 11 is 0. The van der Waals surface area contributed by atoms with Crippen LogP contribution in [0.15, 0.2) is 89.8 Å². The van der Waals surface area contributed by atoms with Crippen molar-refractivity contribution in [2.75, 3.05) is 11.4 Å². The molecule has 0 fully saturated rings. The number of amides is 1. The Bertz CT molecular complexity index is 1120. The van der Waals surface area contributed by atoms with E-state index in [-0.39, 0.29) is 16.8 Å². The second-order valence-corrected chi connectivity index (χ2v) is 9.48. The fraction of sp³-hybridized carbons (Fsp3) is 0.240. The van der Waals surface area contributed by atoms with E-state index in [4.69, 9.17) is 0 Å². The Labute approximate surface area is 185 Å². The van der Waals surface area contributed by atoms with Gasteiger partial charge in [0.05, 0.1) is 10.6 Å². The van der Waals surface area contributed by atoms with Gasteiger partial charge in [-0.2, -0.15) is 0 Å². The van der Waals surface area contributed by atoms with Gasteiger partial charge in [-0.15, -0.1) is 0 Å². The molecule has 0 bridgehead atoms. The second kappa shape index (κ2) is 9.79. The number of benzene rings is 3. The van der Waals surface area contributed by atoms with Crippen LogP contribution in [0.2, 0.25) is 0 Å². The lowest BCUT2D eigenvalue weighted by Crippen LogP contribution is -2.38. The maximum absolute atomic E-state index is 13.4. The van der Waals surface area contributed by atoms with Crippen molar-refractivity contribution in [2.45, 2.75) is 37.8 Å². The van der Waals surface area contributed by atoms with Crippen molar-refractivity contribution < 1.29 is 13.2 Å². The fourth-order valence-electron chi connectivity index (χ4n) is 3.32. The van der Waals surface area contributed by atoms with E-state index in [1.54, 1.807) is 41.3 Å². The summed E-state index contributed by atoms with van der Waals surface area (Å²) < 4.78 is 27.5. The average molecular weight is 437 g/mol. The minimum atomic E-state index is -3.80. The van der Waals surface area contributed by atoms with Crippen molar-refractivity contribution >= 4 is 21.6 Å². The number of rotatable bonds is 8. The molecule has 0 aliphatic heterocycles. The molecular weight excluding hydrogens is 408 g/mol. The highest BCUT2D eigenvalue weighted by atomic mass is 32.2. The lowest BCUT2D eigenvalue weighted by Gasteiger charge is -2.29. The molecule has 3 aromatic rings. The number of para-hydroxylation sites is 1. The predicted octanol–water partition coefficient (Wildman–Crippen LogP) is 4.95. The van der Waals surface area contributed by atoms with E-state index < -0.39 is 10.0 Å². The third kappa shape index (κ3) is 5.14. The minimum absolute atomic E-state index is 0.0139. The van der Waals surface area contributed by atoms with Gasteiger partial charge in [0.25, 0.3) is 15.9 Å². The van der Waals surface area contributed by atoms with Crippen LogP contribution in [0, 0.1) is 0 Å². The average Bonchev–Trinajstić information content (AvgIpc) is 2.82. The van der Waals surface area contributed by atoms with E-state index >= 15 is 0 Å². The lowest BCUT2D eigenvalue weighted by atomic mass is 10.1. The molecule has 0 aromatic heterocycles. The molecule has 0 N–H and O–H groups in total. The number of sulfonamides is 1. The number of nitrogens with zero attached hydrogens (tertiary/aromatic N) is 2. The van der Waals surface area contributed by atoms with Crippen LogP contribution in [-0.4, -0.2) is 32.3 Å². The van der Waals surface area contributed by atoms with Crippen LogP contribution >= 0.6 is 0 Å². The number of carbonyl (C=O) groups excluding carboxylic acids is 1. The van der Waals surface area contributed by atoms with Crippen molar-refractivity contribution in [1.29, 1.82) is 0 Å². The van der Waals surface area contributed by atoms with Gasteiger partial charge < -0.3 is 4.90 Å². The van der Waals surface area contributed by atoms with E-state index in [1.165, 1.54) is 23.5 Å². The number of anilines is 1. The van der Waals surface area contributed by atoms with Crippen molar-refractivity contribution in [3.05, 3.63) is 96.1 Å². The van der Waals surface area contributed by atoms with Crippen molar-refractivity contribution in [2.24, 2.45) is 0 Å². The molecular formula is C25H28N2O3S. The third-order valence-corrected chi connectivity index (χ3v) is 7.22. The van der Waals surface area contributed by atoms with E-state index in [2.05, 4.69) is 0 Å². The van der Waals surface area contributed by atoms with Crippen LogP contribution in [0.1, 0.15) is 36.2 Å². The topological polar surface area (TPSA) is 57.7 Å². The molecule has 1 amide bonds. The molecule has 3 aromatic carbocycles. The molecule has 1 atom stereocenters. The maximum atomic E-state index is 13.4. The first-order valence-corrected chi connectivity index (χ1v) is 11.8. The molecule has 6 heteroatoms. The Morgan fingerprint density at radius 1 is 0.903 bits per heavy atom. The summed E-state index contributed by atoms with van der Waals surface area (Å²) in [5, 5.41) is 0. The predicted molar refractivity (Wildman–Crippen MR) is 125 cm³/mol. The quantitative estimate of drug-likeness (QED) is 0.502. The first kappa shape index (κ1) is 22.6. The molecule has 162 valence electrons. The molecule has 0 spiro atoms. The molecule has 0 unspecified atom stereocenters. The summed E-state index contributed by atoms with van der Waals surface area (Å²) in [5.74, 6) is -0.183. The van der Waals surface area contributed by atoms with Crippen molar-refractivity contribution in [3.8, 4) is 0 Å². The van der Waals surface area contributed by atoms with Crippen LogP contribution in [0.5, 0.6) is 0 Å². The Balaban J connectivity index is 1.92.